The van der Waals surface area contributed by atoms with E-state index in [1.807, 2.05) is 0 Å². The largest absolute Gasteiger partial charge is 0.542 e. The van der Waals surface area contributed by atoms with E-state index in [-0.39, 0.29) is 0 Å². The molecule has 0 fully saturated rings. The van der Waals surface area contributed by atoms with Gasteiger partial charge in [0, 0.05) is 0 Å². The summed E-state index contributed by atoms with van der Waals surface area (Å²) in [7, 11) is 4.32. The summed E-state index contributed by atoms with van der Waals surface area (Å²) in [4.78, 5) is 8.78. The molecule has 7 heteroatoms. The molecule has 0 aromatic heterocycles. The fourth-order valence-corrected chi connectivity index (χ4v) is 0.969. The molecule has 0 saturated carbocycles. The molecule has 0 atom stereocenters. The summed E-state index contributed by atoms with van der Waals surface area (Å²) in [6, 6.07) is 0. The number of carboxylic acids is 1. The van der Waals surface area contributed by atoms with Crippen molar-refractivity contribution >= 4 is 5.97 Å². The van der Waals surface area contributed by atoms with Gasteiger partial charge in [-0.3, -0.25) is 0 Å². The smallest absolute Gasteiger partial charge is 0.430 e. The van der Waals surface area contributed by atoms with Gasteiger partial charge in [0.05, 0.1) is 27.2 Å². The van der Waals surface area contributed by atoms with Crippen molar-refractivity contribution in [2.24, 2.45) is 0 Å². The quantitative estimate of drug-likeness (QED) is 0.715. The van der Waals surface area contributed by atoms with Gasteiger partial charge in [-0.2, -0.15) is 13.2 Å². The second-order valence-electron chi connectivity index (χ2n) is 4.25. The summed E-state index contributed by atoms with van der Waals surface area (Å²) in [6.07, 6.45) is -2.69. The predicted molar refractivity (Wildman–Crippen MR) is 54.9 cm³/mol. The second-order valence-corrected chi connectivity index (χ2v) is 4.25. The summed E-state index contributed by atoms with van der Waals surface area (Å²) in [5, 5.41) is 17.5. The minimum absolute atomic E-state index is 0.302. The van der Waals surface area contributed by atoms with E-state index in [1.54, 1.807) is 0 Å². The van der Waals surface area contributed by atoms with E-state index in [0.29, 0.717) is 6.61 Å². The molecule has 17 heavy (non-hydrogen) atoms. The first-order valence-corrected chi connectivity index (χ1v) is 5.28. The number of nitrogens with zero attached hydrogens (tertiary/aromatic N) is 1. The van der Waals surface area contributed by atoms with Gasteiger partial charge in [0.2, 0.25) is 0 Å². The minimum Gasteiger partial charge on any atom is -0.542 e. The molecule has 0 aliphatic heterocycles. The Hall–Kier alpha value is -0.820. The summed E-state index contributed by atoms with van der Waals surface area (Å²) in [5.41, 5.74) is 0. The zero-order chi connectivity index (χ0) is 14.1. The van der Waals surface area contributed by atoms with Crippen molar-refractivity contribution in [3.8, 4) is 0 Å². The number of halogens is 3. The number of hydrogen-bond acceptors (Lipinski definition) is 3. The van der Waals surface area contributed by atoms with Crippen LogP contribution < -0.4 is 5.11 Å². The maximum Gasteiger partial charge on any atom is 0.430 e. The highest BCUT2D eigenvalue weighted by Gasteiger charge is 2.28. The van der Waals surface area contributed by atoms with Gasteiger partial charge in [-0.15, -0.1) is 0 Å². The Morgan fingerprint density at radius 1 is 1.29 bits per heavy atom. The van der Waals surface area contributed by atoms with Crippen molar-refractivity contribution < 1.29 is 32.7 Å². The molecule has 4 nitrogen and oxygen atoms in total. The average Bonchev–Trinajstić information content (AvgIpc) is 2.14. The SMILES string of the molecule is CCCC[N+](C)(C)CCO.O=C([O-])C(F)(F)F. The molecule has 0 aromatic rings. The van der Waals surface area contributed by atoms with E-state index in [9.17, 15) is 13.2 Å². The van der Waals surface area contributed by atoms with Gasteiger partial charge in [-0.25, -0.2) is 0 Å². The molecule has 0 spiro atoms. The van der Waals surface area contributed by atoms with Gasteiger partial charge < -0.3 is 19.5 Å². The van der Waals surface area contributed by atoms with Crippen LogP contribution in [0.5, 0.6) is 0 Å². The van der Waals surface area contributed by atoms with Gasteiger partial charge in [-0.05, 0) is 6.42 Å². The van der Waals surface area contributed by atoms with Crippen LogP contribution in [0.4, 0.5) is 13.2 Å². The third kappa shape index (κ3) is 13.1. The van der Waals surface area contributed by atoms with Crippen LogP contribution in [-0.4, -0.2) is 55.5 Å². The lowest BCUT2D eigenvalue weighted by Gasteiger charge is -2.28. The number of hydrogen-bond donors (Lipinski definition) is 1. The normalized spacial score (nSPS) is 11.7. The molecule has 0 amide bonds. The van der Waals surface area contributed by atoms with Gasteiger partial charge in [0.25, 0.3) is 0 Å². The van der Waals surface area contributed by atoms with Crippen molar-refractivity contribution in [1.82, 2.24) is 0 Å². The van der Waals surface area contributed by atoms with E-state index in [2.05, 4.69) is 21.0 Å². The number of carbonyl (C=O) groups excluding carboxylic acids is 1. The highest BCUT2D eigenvalue weighted by Crippen LogP contribution is 2.11. The molecule has 0 aliphatic carbocycles. The van der Waals surface area contributed by atoms with Crippen LogP contribution in [-0.2, 0) is 4.79 Å². The zero-order valence-corrected chi connectivity index (χ0v) is 10.4. The standard InChI is InChI=1S/C8H20NO.C2HF3O2/c1-4-5-6-9(2,3)7-8-10;3-2(4,5)1(6)7/h10H,4-8H2,1-3H3;(H,6,7)/q+1;/p-1. The fraction of sp³-hybridized carbons (Fsp3) is 0.900. The Morgan fingerprint density at radius 3 is 1.94 bits per heavy atom. The topological polar surface area (TPSA) is 60.4 Å². The molecule has 0 bridgehead atoms. The van der Waals surface area contributed by atoms with Crippen LogP contribution in [0.1, 0.15) is 19.8 Å². The molecule has 0 aliphatic rings. The Labute approximate surface area is 99.2 Å². The molecular weight excluding hydrogens is 239 g/mol. The number of rotatable bonds is 5. The van der Waals surface area contributed by atoms with Gasteiger partial charge in [0.15, 0.2) is 0 Å². The molecule has 1 N–H and O–H groups in total. The molecule has 0 unspecified atom stereocenters. The Morgan fingerprint density at radius 2 is 1.71 bits per heavy atom. The van der Waals surface area contributed by atoms with Crippen LogP contribution in [0.25, 0.3) is 0 Å². The van der Waals surface area contributed by atoms with E-state index in [4.69, 9.17) is 15.0 Å². The van der Waals surface area contributed by atoms with Crippen molar-refractivity contribution in [1.29, 1.82) is 0 Å². The minimum atomic E-state index is -5.19. The maximum absolute atomic E-state index is 10.5. The summed E-state index contributed by atoms with van der Waals surface area (Å²) in [5.74, 6) is -3.01. The number of aliphatic hydroxyl groups excluding tert-OH is 1. The Kier molecular flexibility index (Phi) is 9.05. The molecule has 0 aromatic carbocycles. The first-order chi connectivity index (χ1) is 7.56. The first-order valence-electron chi connectivity index (χ1n) is 5.28. The Balaban J connectivity index is 0. The van der Waals surface area contributed by atoms with Crippen molar-refractivity contribution in [3.63, 3.8) is 0 Å². The van der Waals surface area contributed by atoms with Crippen LogP contribution >= 0.6 is 0 Å². The lowest BCUT2D eigenvalue weighted by Crippen LogP contribution is -2.42. The van der Waals surface area contributed by atoms with E-state index in [1.165, 1.54) is 19.4 Å². The van der Waals surface area contributed by atoms with Crippen LogP contribution in [0.2, 0.25) is 0 Å². The maximum atomic E-state index is 10.5. The second kappa shape index (κ2) is 8.30. The van der Waals surface area contributed by atoms with Gasteiger partial charge in [-0.1, -0.05) is 13.3 Å². The lowest BCUT2D eigenvalue weighted by molar-refractivity contribution is -0.890. The number of aliphatic carboxylic acids is 1. The number of unbranched alkanes of at least 4 members (excludes halogenated alkanes) is 1. The molecular formula is C10H20F3NO3. The van der Waals surface area contributed by atoms with E-state index >= 15 is 0 Å². The van der Waals surface area contributed by atoms with Crippen molar-refractivity contribution in [2.45, 2.75) is 25.9 Å². The number of likely N-dealkylation sites (N-methyl/N-ethyl adjacent to an activating group) is 1. The highest BCUT2D eigenvalue weighted by molar-refractivity contribution is 5.70. The summed E-state index contributed by atoms with van der Waals surface area (Å²) >= 11 is 0. The number of quaternary nitrogens is 1. The highest BCUT2D eigenvalue weighted by atomic mass is 19.4. The summed E-state index contributed by atoms with van der Waals surface area (Å²) in [6.45, 7) is 4.55. The van der Waals surface area contributed by atoms with E-state index in [0.717, 1.165) is 11.0 Å². The fourth-order valence-electron chi connectivity index (χ4n) is 0.969. The molecule has 0 radical (unpaired) electrons. The first kappa shape index (κ1) is 18.5. The third-order valence-corrected chi connectivity index (χ3v) is 2.05. The van der Waals surface area contributed by atoms with Gasteiger partial charge in [0.1, 0.15) is 12.5 Å². The Bertz CT molecular complexity index is 217. The summed E-state index contributed by atoms with van der Waals surface area (Å²) < 4.78 is 32.5. The molecule has 0 heterocycles. The number of alkyl halides is 3. The van der Waals surface area contributed by atoms with Crippen LogP contribution in [0.15, 0.2) is 0 Å². The van der Waals surface area contributed by atoms with Crippen molar-refractivity contribution in [2.75, 3.05) is 33.8 Å². The van der Waals surface area contributed by atoms with Crippen LogP contribution in [0.3, 0.4) is 0 Å². The monoisotopic (exact) mass is 259 g/mol. The van der Waals surface area contributed by atoms with E-state index < -0.39 is 12.1 Å². The number of carboxylic acid groups (broad SMARTS) is 1. The zero-order valence-electron chi connectivity index (χ0n) is 10.4. The van der Waals surface area contributed by atoms with Crippen LogP contribution in [0, 0.1) is 0 Å². The average molecular weight is 259 g/mol. The predicted octanol–water partition coefficient (Wildman–Crippen LogP) is 0.154. The molecule has 104 valence electrons. The molecule has 0 saturated heterocycles. The number of carbonyl (C=O) groups is 1. The lowest BCUT2D eigenvalue weighted by atomic mass is 10.3. The third-order valence-electron chi connectivity index (χ3n) is 2.05. The number of aliphatic hydroxyl groups is 1. The molecule has 0 rings (SSSR count). The van der Waals surface area contributed by atoms with Crippen molar-refractivity contribution in [3.05, 3.63) is 0 Å². The van der Waals surface area contributed by atoms with Gasteiger partial charge >= 0.3 is 6.18 Å².